The van der Waals surface area contributed by atoms with Crippen LogP contribution in [0.15, 0.2) is 0 Å². The highest BCUT2D eigenvalue weighted by molar-refractivity contribution is 5.72. The fourth-order valence-corrected chi connectivity index (χ4v) is 4.30. The van der Waals surface area contributed by atoms with Crippen LogP contribution >= 0.6 is 0 Å². The molecule has 0 aliphatic heterocycles. The van der Waals surface area contributed by atoms with Gasteiger partial charge in [-0.15, -0.1) is 0 Å². The topological polar surface area (TPSA) is 49.8 Å². The molecule has 0 aromatic rings. The molecule has 0 bridgehead atoms. The van der Waals surface area contributed by atoms with Crippen LogP contribution in [0.1, 0.15) is 136 Å². The Morgan fingerprint density at radius 3 is 1.52 bits per heavy atom. The second-order valence-electron chi connectivity index (χ2n) is 9.63. The van der Waals surface area contributed by atoms with E-state index in [1.54, 1.807) is 0 Å². The van der Waals surface area contributed by atoms with Crippen molar-refractivity contribution in [2.45, 2.75) is 148 Å². The van der Waals surface area contributed by atoms with Crippen molar-refractivity contribution in [2.24, 2.45) is 0 Å². The third-order valence-corrected chi connectivity index (χ3v) is 6.47. The van der Waals surface area contributed by atoms with Gasteiger partial charge in [-0.3, -0.25) is 0 Å². The summed E-state index contributed by atoms with van der Waals surface area (Å²) in [4.78, 5) is 13.5. The van der Waals surface area contributed by atoms with Crippen molar-refractivity contribution in [3.05, 3.63) is 0 Å². The van der Waals surface area contributed by atoms with Gasteiger partial charge in [-0.1, -0.05) is 117 Å². The summed E-state index contributed by atoms with van der Waals surface area (Å²) in [6, 6.07) is 0.484. The van der Waals surface area contributed by atoms with Crippen LogP contribution in [0, 0.1) is 0 Å². The van der Waals surface area contributed by atoms with Gasteiger partial charge in [0.25, 0.3) is 0 Å². The van der Waals surface area contributed by atoms with Crippen LogP contribution in [-0.4, -0.2) is 48.8 Å². The Labute approximate surface area is 194 Å². The van der Waals surface area contributed by atoms with E-state index in [4.69, 9.17) is 4.74 Å². The molecule has 0 aliphatic carbocycles. The largest absolute Gasteiger partial charge is 0.479 e. The molecule has 0 spiro atoms. The highest BCUT2D eigenvalue weighted by Gasteiger charge is 2.18. The molecule has 0 amide bonds. The number of hydrogen-bond acceptors (Lipinski definition) is 3. The van der Waals surface area contributed by atoms with Crippen LogP contribution in [0.5, 0.6) is 0 Å². The number of rotatable bonds is 24. The van der Waals surface area contributed by atoms with Crippen molar-refractivity contribution in [2.75, 3.05) is 20.7 Å². The van der Waals surface area contributed by atoms with E-state index in [0.717, 1.165) is 12.8 Å². The van der Waals surface area contributed by atoms with Crippen LogP contribution in [0.25, 0.3) is 0 Å². The first-order valence-electron chi connectivity index (χ1n) is 13.5. The first-order valence-corrected chi connectivity index (χ1v) is 13.5. The highest BCUT2D eigenvalue weighted by atomic mass is 16.5. The average Bonchev–Trinajstić information content (AvgIpc) is 2.74. The first-order chi connectivity index (χ1) is 15.0. The highest BCUT2D eigenvalue weighted by Crippen LogP contribution is 2.16. The first kappa shape index (κ1) is 30.4. The summed E-state index contributed by atoms with van der Waals surface area (Å²) >= 11 is 0. The van der Waals surface area contributed by atoms with Gasteiger partial charge < -0.3 is 14.7 Å². The van der Waals surface area contributed by atoms with Crippen molar-refractivity contribution in [1.82, 2.24) is 4.90 Å². The number of carboxylic acids is 1. The SMILES string of the molecule is CCCCCCCCCCCCCCCCCC(CCOC(CCC)C(=O)O)N(C)C. The molecule has 2 unspecified atom stereocenters. The van der Waals surface area contributed by atoms with Crippen molar-refractivity contribution >= 4 is 5.97 Å². The molecule has 0 aromatic heterocycles. The van der Waals surface area contributed by atoms with Gasteiger partial charge in [-0.05, 0) is 33.4 Å². The smallest absolute Gasteiger partial charge is 0.332 e. The Kier molecular flexibility index (Phi) is 22.1. The summed E-state index contributed by atoms with van der Waals surface area (Å²) in [6.07, 6.45) is 23.8. The lowest BCUT2D eigenvalue weighted by atomic mass is 10.0. The molecule has 31 heavy (non-hydrogen) atoms. The molecule has 0 fully saturated rings. The van der Waals surface area contributed by atoms with Gasteiger partial charge in [0.05, 0.1) is 0 Å². The Balaban J connectivity index is 3.57. The van der Waals surface area contributed by atoms with E-state index < -0.39 is 12.1 Å². The molecule has 1 N–H and O–H groups in total. The fraction of sp³-hybridized carbons (Fsp3) is 0.963. The van der Waals surface area contributed by atoms with E-state index in [1.807, 2.05) is 6.92 Å². The molecule has 186 valence electrons. The minimum Gasteiger partial charge on any atom is -0.479 e. The van der Waals surface area contributed by atoms with Crippen molar-refractivity contribution in [3.63, 3.8) is 0 Å². The van der Waals surface area contributed by atoms with Crippen molar-refractivity contribution in [1.29, 1.82) is 0 Å². The maximum Gasteiger partial charge on any atom is 0.332 e. The van der Waals surface area contributed by atoms with Gasteiger partial charge in [0.1, 0.15) is 0 Å². The van der Waals surface area contributed by atoms with Gasteiger partial charge in [0.15, 0.2) is 6.10 Å². The van der Waals surface area contributed by atoms with Crippen LogP contribution in [0.4, 0.5) is 0 Å². The molecule has 2 atom stereocenters. The fourth-order valence-electron chi connectivity index (χ4n) is 4.30. The van der Waals surface area contributed by atoms with Crippen LogP contribution in [0.3, 0.4) is 0 Å². The van der Waals surface area contributed by atoms with Crippen molar-refractivity contribution < 1.29 is 14.6 Å². The summed E-state index contributed by atoms with van der Waals surface area (Å²) in [5.74, 6) is -0.828. The number of hydrogen-bond donors (Lipinski definition) is 1. The molecule has 4 heteroatoms. The normalized spacial score (nSPS) is 13.6. The van der Waals surface area contributed by atoms with Gasteiger partial charge in [0, 0.05) is 12.6 Å². The zero-order chi connectivity index (χ0) is 23.2. The second-order valence-corrected chi connectivity index (χ2v) is 9.63. The van der Waals surface area contributed by atoms with Crippen molar-refractivity contribution in [3.8, 4) is 0 Å². The molecule has 4 nitrogen and oxygen atoms in total. The lowest BCUT2D eigenvalue weighted by Crippen LogP contribution is -2.31. The lowest BCUT2D eigenvalue weighted by Gasteiger charge is -2.25. The number of carboxylic acid groups (broad SMARTS) is 1. The second kappa shape index (κ2) is 22.6. The van der Waals surface area contributed by atoms with E-state index >= 15 is 0 Å². The predicted octanol–water partition coefficient (Wildman–Crippen LogP) is 7.84. The van der Waals surface area contributed by atoms with Crippen LogP contribution in [0.2, 0.25) is 0 Å². The lowest BCUT2D eigenvalue weighted by molar-refractivity contribution is -0.151. The third-order valence-electron chi connectivity index (χ3n) is 6.47. The maximum atomic E-state index is 11.2. The molecule has 0 saturated heterocycles. The minimum atomic E-state index is -0.828. The zero-order valence-electron chi connectivity index (χ0n) is 21.5. The Hall–Kier alpha value is -0.610. The molecule has 0 radical (unpaired) electrons. The van der Waals surface area contributed by atoms with E-state index in [9.17, 15) is 9.90 Å². The molecule has 0 saturated carbocycles. The van der Waals surface area contributed by atoms with E-state index in [0.29, 0.717) is 19.1 Å². The Bertz CT molecular complexity index is 387. The minimum absolute atomic E-state index is 0.484. The number of unbranched alkanes of at least 4 members (excludes halogenated alkanes) is 14. The Morgan fingerprint density at radius 1 is 0.677 bits per heavy atom. The third kappa shape index (κ3) is 19.8. The number of ether oxygens (including phenoxy) is 1. The molecular formula is C27H55NO3. The molecule has 0 rings (SSSR count). The number of carbonyl (C=O) groups is 1. The van der Waals surface area contributed by atoms with Gasteiger partial charge in [-0.2, -0.15) is 0 Å². The molecular weight excluding hydrogens is 386 g/mol. The molecule has 0 aliphatic rings. The summed E-state index contributed by atoms with van der Waals surface area (Å²) < 4.78 is 5.63. The Morgan fingerprint density at radius 2 is 1.13 bits per heavy atom. The maximum absolute atomic E-state index is 11.2. The number of nitrogens with zero attached hydrogens (tertiary/aromatic N) is 1. The number of aliphatic carboxylic acids is 1. The van der Waals surface area contributed by atoms with Gasteiger partial charge in [0.2, 0.25) is 0 Å². The standard InChI is InChI=1S/C27H55NO3/c1-5-7-8-9-10-11-12-13-14-15-16-17-18-19-20-22-25(28(3)4)23-24-31-26(21-6-2)27(29)30/h25-26H,5-24H2,1-4H3,(H,29,30). The summed E-state index contributed by atoms with van der Waals surface area (Å²) in [5, 5.41) is 9.20. The zero-order valence-corrected chi connectivity index (χ0v) is 21.5. The van der Waals surface area contributed by atoms with Crippen LogP contribution < -0.4 is 0 Å². The quantitative estimate of drug-likeness (QED) is 0.155. The van der Waals surface area contributed by atoms with E-state index in [2.05, 4.69) is 25.9 Å². The van der Waals surface area contributed by atoms with Gasteiger partial charge in [-0.25, -0.2) is 4.79 Å². The monoisotopic (exact) mass is 441 g/mol. The average molecular weight is 442 g/mol. The van der Waals surface area contributed by atoms with E-state index in [1.165, 1.54) is 103 Å². The van der Waals surface area contributed by atoms with Gasteiger partial charge >= 0.3 is 5.97 Å². The summed E-state index contributed by atoms with van der Waals surface area (Å²) in [7, 11) is 4.24. The predicted molar refractivity (Wildman–Crippen MR) is 134 cm³/mol. The van der Waals surface area contributed by atoms with E-state index in [-0.39, 0.29) is 0 Å². The summed E-state index contributed by atoms with van der Waals surface area (Å²) in [6.45, 7) is 4.82. The summed E-state index contributed by atoms with van der Waals surface area (Å²) in [5.41, 5.74) is 0. The molecule has 0 aromatic carbocycles. The van der Waals surface area contributed by atoms with Crippen LogP contribution in [-0.2, 0) is 9.53 Å². The molecule has 0 heterocycles.